The van der Waals surface area contributed by atoms with E-state index in [-0.39, 0.29) is 108 Å². The van der Waals surface area contributed by atoms with Gasteiger partial charge in [0.1, 0.15) is 40.9 Å². The molecule has 0 spiro atoms. The van der Waals surface area contributed by atoms with Crippen molar-refractivity contribution in [2.75, 3.05) is 23.2 Å². The van der Waals surface area contributed by atoms with Crippen LogP contribution >= 0.6 is 11.3 Å². The topological polar surface area (TPSA) is 278 Å². The second kappa shape index (κ2) is 25.2. The van der Waals surface area contributed by atoms with Gasteiger partial charge < -0.3 is 35.8 Å². The van der Waals surface area contributed by atoms with Crippen molar-refractivity contribution in [2.45, 2.75) is 104 Å². The second-order valence-corrected chi connectivity index (χ2v) is 22.3. The highest BCUT2D eigenvalue weighted by Crippen LogP contribution is 2.38. The van der Waals surface area contributed by atoms with Gasteiger partial charge in [-0.25, -0.2) is 27.6 Å². The molecule has 6 aromatic rings. The molecule has 24 heteroatoms. The number of sulfonamides is 1. The van der Waals surface area contributed by atoms with Crippen molar-refractivity contribution in [3.05, 3.63) is 124 Å². The number of likely N-dealkylation sites (tertiary alicyclic amines) is 1. The molecule has 19 nitrogen and oxygen atoms in total. The lowest BCUT2D eigenvalue weighted by Crippen LogP contribution is -2.49. The van der Waals surface area contributed by atoms with Crippen LogP contribution in [-0.4, -0.2) is 99.1 Å². The van der Waals surface area contributed by atoms with Gasteiger partial charge >= 0.3 is 11.7 Å². The number of aliphatic hydroxyl groups excluding tert-OH is 1. The number of nitrogens with two attached hydrogens (primary N) is 1. The van der Waals surface area contributed by atoms with Crippen LogP contribution in [0.4, 0.5) is 30.5 Å². The molecule has 4 atom stereocenters. The lowest BCUT2D eigenvalue weighted by molar-refractivity contribution is -0.145. The number of ketones is 1. The van der Waals surface area contributed by atoms with Crippen molar-refractivity contribution >= 4 is 68.2 Å². The molecule has 7 rings (SSSR count). The SMILES string of the molecule is Cc1ncsc1-c1ccc(CNC(=O)[C@@H]2C[C@@H](O)CN2C(=O)[C@@H](CCC(=O)CCCCOC(=O)c2ccc(Nc3n[nH]c(-c4ccc(NS(=O)(=O)C(F)F)c(O[C@@H](C)c5ccc(F)cc5)c4)c3C(N)=O)nc2)C(C)(C)C)cc1. The van der Waals surface area contributed by atoms with Gasteiger partial charge in [-0.2, -0.15) is 13.9 Å². The normalized spacial score (nSPS) is 15.4. The number of rotatable bonds is 24. The van der Waals surface area contributed by atoms with E-state index in [0.29, 0.717) is 18.4 Å². The van der Waals surface area contributed by atoms with Crippen LogP contribution < -0.4 is 25.8 Å². The fourth-order valence-corrected chi connectivity index (χ4v) is 10.2. The Morgan fingerprint density at radius 3 is 2.32 bits per heavy atom. The maximum atomic E-state index is 14.1. The number of hydrogen-bond acceptors (Lipinski definition) is 15. The van der Waals surface area contributed by atoms with Gasteiger partial charge in [0.25, 0.3) is 15.9 Å². The molecule has 4 heterocycles. The van der Waals surface area contributed by atoms with E-state index in [4.69, 9.17) is 15.2 Å². The number of unbranched alkanes of at least 4 members (excludes halogenated alkanes) is 1. The Labute approximate surface area is 452 Å². The maximum Gasteiger partial charge on any atom is 0.355 e. The third-order valence-corrected chi connectivity index (χ3v) is 15.0. The first kappa shape index (κ1) is 58.0. The molecule has 3 aromatic carbocycles. The van der Waals surface area contributed by atoms with Gasteiger partial charge in [0.05, 0.1) is 45.7 Å². The number of hydrogen-bond donors (Lipinski definition) is 6. The first-order chi connectivity index (χ1) is 37.0. The zero-order valence-electron chi connectivity index (χ0n) is 43.3. The van der Waals surface area contributed by atoms with Crippen LogP contribution in [0.15, 0.2) is 90.6 Å². The van der Waals surface area contributed by atoms with Crippen LogP contribution in [0.1, 0.15) is 110 Å². The summed E-state index contributed by atoms with van der Waals surface area (Å²) in [5.74, 6) is -7.44. The molecule has 1 aliphatic rings. The Morgan fingerprint density at radius 2 is 1.68 bits per heavy atom. The number of H-pyrrole nitrogens is 1. The second-order valence-electron chi connectivity index (χ2n) is 19.8. The number of aryl methyl sites for hydroxylation is 1. The number of aromatic nitrogens is 4. The van der Waals surface area contributed by atoms with Crippen molar-refractivity contribution in [3.8, 4) is 27.4 Å². The molecule has 0 bridgehead atoms. The molecule has 0 aliphatic carbocycles. The van der Waals surface area contributed by atoms with Gasteiger partial charge in [0.15, 0.2) is 5.82 Å². The lowest BCUT2D eigenvalue weighted by Gasteiger charge is -2.35. The van der Waals surface area contributed by atoms with Crippen molar-refractivity contribution in [3.63, 3.8) is 0 Å². The van der Waals surface area contributed by atoms with Gasteiger partial charge in [-0.05, 0) is 91.6 Å². The van der Waals surface area contributed by atoms with Crippen LogP contribution in [0.3, 0.4) is 0 Å². The zero-order chi connectivity index (χ0) is 56.5. The number of alkyl halides is 2. The Bertz CT molecular complexity index is 3220. The summed E-state index contributed by atoms with van der Waals surface area (Å²) in [5, 5.41) is 23.2. The summed E-state index contributed by atoms with van der Waals surface area (Å²) < 4.78 is 77.8. The number of β-amino-alcohol motifs (C(OH)–C–C–N with tert-alkyl or cyclic N) is 1. The van der Waals surface area contributed by atoms with E-state index in [1.165, 1.54) is 59.6 Å². The standard InChI is InChI=1S/C54H60F3N9O10S2/c1-30-47(77-29-61-30)34-11-9-32(10-12-34)26-60-50(70)42-25-39(68)28-66(42)51(71)40(54(3,4)5)20-19-38(67)8-6-7-23-75-52(72)36-16-22-44(59-27-36)62-49-45(48(58)69)46(63-64-49)35-15-21-41(65-78(73,74)53(56)57)43(24-35)76-31(2)33-13-17-37(55)18-14-33/h9-18,21-22,24,27,29,31,39-40,42,53,65,68H,6-8,19-20,23,25-26,28H2,1-5H3,(H2,58,69)(H,60,70)(H2,59,62,63,64)/t31-,39+,40+,42-/m0/s1. The quantitative estimate of drug-likeness (QED) is 0.0245. The summed E-state index contributed by atoms with van der Waals surface area (Å²) in [5.41, 5.74) is 10.1. The van der Waals surface area contributed by atoms with Gasteiger partial charge in [0.2, 0.25) is 11.8 Å². The predicted octanol–water partition coefficient (Wildman–Crippen LogP) is 8.61. The van der Waals surface area contributed by atoms with Crippen molar-refractivity contribution in [1.29, 1.82) is 0 Å². The Balaban J connectivity index is 0.883. The van der Waals surface area contributed by atoms with E-state index in [1.54, 1.807) is 28.5 Å². The Morgan fingerprint density at radius 1 is 0.962 bits per heavy atom. The maximum absolute atomic E-state index is 14.1. The summed E-state index contributed by atoms with van der Waals surface area (Å²) in [7, 11) is -5.14. The fourth-order valence-electron chi connectivity index (χ4n) is 8.84. The van der Waals surface area contributed by atoms with E-state index in [1.807, 2.05) is 52.0 Å². The molecule has 3 aromatic heterocycles. The smallest absolute Gasteiger partial charge is 0.355 e. The number of thiazole rings is 1. The zero-order valence-corrected chi connectivity index (χ0v) is 45.0. The lowest BCUT2D eigenvalue weighted by atomic mass is 9.76. The van der Waals surface area contributed by atoms with E-state index in [0.717, 1.165) is 27.8 Å². The first-order valence-corrected chi connectivity index (χ1v) is 27.3. The third kappa shape index (κ3) is 14.7. The van der Waals surface area contributed by atoms with E-state index < -0.39 is 63.1 Å². The number of Topliss-reactive ketones (excluding diaryl/α,β-unsaturated/α-hetero) is 1. The van der Waals surface area contributed by atoms with Gasteiger partial charge in [-0.1, -0.05) is 63.2 Å². The number of esters is 1. The van der Waals surface area contributed by atoms with Crippen LogP contribution in [0, 0.1) is 24.1 Å². The number of carbonyl (C=O) groups excluding carboxylic acids is 5. The number of primary amides is 1. The molecule has 78 heavy (non-hydrogen) atoms. The summed E-state index contributed by atoms with van der Waals surface area (Å²) in [6, 6.07) is 18.7. The van der Waals surface area contributed by atoms with Crippen molar-refractivity contribution in [1.82, 2.24) is 30.4 Å². The summed E-state index contributed by atoms with van der Waals surface area (Å²) in [4.78, 5) is 77.5. The number of nitrogens with one attached hydrogen (secondary N) is 4. The molecule has 3 amide bonds. The average molecular weight is 1120 g/mol. The van der Waals surface area contributed by atoms with Crippen LogP contribution in [-0.2, 0) is 35.7 Å². The molecule has 0 saturated carbocycles. The minimum atomic E-state index is -5.14. The first-order valence-electron chi connectivity index (χ1n) is 24.9. The van der Waals surface area contributed by atoms with Gasteiger partial charge in [-0.15, -0.1) is 11.3 Å². The number of nitrogens with zero attached hydrogens (tertiary/aromatic N) is 4. The van der Waals surface area contributed by atoms with E-state index in [9.17, 15) is 50.7 Å². The molecule has 1 fully saturated rings. The molecular formula is C54H60F3N9O10S2. The number of aliphatic hydroxyl groups is 1. The highest BCUT2D eigenvalue weighted by atomic mass is 32.2. The fraction of sp³-hybridized carbons (Fsp3) is 0.370. The predicted molar refractivity (Wildman–Crippen MR) is 286 cm³/mol. The molecule has 414 valence electrons. The van der Waals surface area contributed by atoms with E-state index in [2.05, 4.69) is 30.8 Å². The molecular weight excluding hydrogens is 1060 g/mol. The number of pyridine rings is 1. The number of amides is 3. The van der Waals surface area contributed by atoms with E-state index >= 15 is 0 Å². The number of anilines is 3. The molecule has 7 N–H and O–H groups in total. The molecule has 1 saturated heterocycles. The molecule has 0 radical (unpaired) electrons. The number of benzene rings is 3. The minimum absolute atomic E-state index is 0.00280. The van der Waals surface area contributed by atoms with Crippen molar-refractivity contribution < 1.29 is 60.1 Å². The number of ether oxygens (including phenoxy) is 2. The van der Waals surface area contributed by atoms with Crippen LogP contribution in [0.2, 0.25) is 0 Å². The summed E-state index contributed by atoms with van der Waals surface area (Å²) in [6.07, 6.45) is 0.952. The highest BCUT2D eigenvalue weighted by molar-refractivity contribution is 7.93. The molecule has 1 aliphatic heterocycles. The number of halogens is 3. The Kier molecular flexibility index (Phi) is 18.7. The largest absolute Gasteiger partial charge is 0.484 e. The van der Waals surface area contributed by atoms with Gasteiger partial charge in [0, 0.05) is 50.0 Å². The third-order valence-electron chi connectivity index (χ3n) is 13.1. The average Bonchev–Trinajstić information content (AvgIpc) is 4.26. The minimum Gasteiger partial charge on any atom is -0.484 e. The van der Waals surface area contributed by atoms with Crippen LogP contribution in [0.25, 0.3) is 21.7 Å². The summed E-state index contributed by atoms with van der Waals surface area (Å²) in [6.45, 7) is 9.48. The number of aromatic amines is 1. The highest BCUT2D eigenvalue weighted by Gasteiger charge is 2.44. The number of carbonyl (C=O) groups is 5. The summed E-state index contributed by atoms with van der Waals surface area (Å²) >= 11 is 1.55. The monoisotopic (exact) mass is 1120 g/mol. The molecule has 0 unspecified atom stereocenters. The van der Waals surface area contributed by atoms with Crippen LogP contribution in [0.5, 0.6) is 5.75 Å². The van der Waals surface area contributed by atoms with Crippen molar-refractivity contribution in [2.24, 2.45) is 17.1 Å². The Hall–Kier alpha value is -7.70. The van der Waals surface area contributed by atoms with Gasteiger partial charge in [-0.3, -0.25) is 29.0 Å².